The van der Waals surface area contributed by atoms with Gasteiger partial charge in [0.05, 0.1) is 0 Å². The third-order valence-electron chi connectivity index (χ3n) is 2.94. The third-order valence-corrected chi connectivity index (χ3v) is 4.77. The van der Waals surface area contributed by atoms with Crippen LogP contribution in [-0.2, 0) is 26.1 Å². The predicted molar refractivity (Wildman–Crippen MR) is 81.3 cm³/mol. The summed E-state index contributed by atoms with van der Waals surface area (Å²) in [6.45, 7) is 0. The van der Waals surface area contributed by atoms with E-state index in [1.165, 1.54) is 9.14 Å². The van der Waals surface area contributed by atoms with Crippen LogP contribution in [0.2, 0.25) is 0 Å². The van der Waals surface area contributed by atoms with Crippen LogP contribution in [0, 0.1) is 0 Å². The van der Waals surface area contributed by atoms with Crippen molar-refractivity contribution in [3.63, 3.8) is 0 Å². The number of phenols is 2. The molecule has 0 saturated carbocycles. The van der Waals surface area contributed by atoms with E-state index in [2.05, 4.69) is 30.3 Å². The van der Waals surface area contributed by atoms with Gasteiger partial charge in [-0.2, -0.15) is 0 Å². The van der Waals surface area contributed by atoms with Gasteiger partial charge < -0.3 is 10.2 Å². The van der Waals surface area contributed by atoms with Crippen molar-refractivity contribution in [3.05, 3.63) is 78.9 Å². The van der Waals surface area contributed by atoms with Crippen molar-refractivity contribution in [2.75, 3.05) is 0 Å². The molecule has 0 atom stereocenters. The molecule has 0 fully saturated rings. The molecule has 3 rings (SSSR count). The summed E-state index contributed by atoms with van der Waals surface area (Å²) in [5, 5.41) is 18.9. The van der Waals surface area contributed by atoms with E-state index in [-0.39, 0.29) is 11.5 Å². The van der Waals surface area contributed by atoms with Crippen LogP contribution >= 0.6 is 0 Å². The molecule has 0 unspecified atom stereocenters. The van der Waals surface area contributed by atoms with Crippen LogP contribution < -0.4 is 3.07 Å². The van der Waals surface area contributed by atoms with Crippen molar-refractivity contribution in [3.8, 4) is 22.6 Å². The van der Waals surface area contributed by atoms with E-state index in [0.29, 0.717) is 5.56 Å². The van der Waals surface area contributed by atoms with Gasteiger partial charge in [0.15, 0.2) is 11.5 Å². The zero-order chi connectivity index (χ0) is 15.1. The average molecular weight is 464 g/mol. The molecule has 0 aliphatic heterocycles. The number of rotatable bonds is 1. The molecule has 3 aromatic carbocycles. The molecule has 0 aliphatic rings. The van der Waals surface area contributed by atoms with Crippen LogP contribution in [-0.4, -0.2) is 10.2 Å². The van der Waals surface area contributed by atoms with E-state index >= 15 is 0 Å². The summed E-state index contributed by atoms with van der Waals surface area (Å²) in [5.41, 5.74) is 1.53. The van der Waals surface area contributed by atoms with E-state index in [0.717, 1.165) is 31.7 Å². The van der Waals surface area contributed by atoms with Crippen LogP contribution in [0.4, 0.5) is 0 Å². The van der Waals surface area contributed by atoms with Crippen LogP contribution in [0.5, 0.6) is 11.5 Å². The second kappa shape index (κ2) is 7.84. The Balaban J connectivity index is 0.000000194. The van der Waals surface area contributed by atoms with Crippen LogP contribution in [0.3, 0.4) is 0 Å². The minimum atomic E-state index is -0.0913. The van der Waals surface area contributed by atoms with Gasteiger partial charge >= 0.3 is 59.5 Å². The SMILES string of the molecule is Oc1cccc(-c2ccccc2)c1O.[Hg][c]1ccccc1. The molecular formula is C18H15HgO2. The van der Waals surface area contributed by atoms with Gasteiger partial charge in [-0.1, -0.05) is 42.5 Å². The number of para-hydroxylation sites is 1. The summed E-state index contributed by atoms with van der Waals surface area (Å²) in [7, 11) is 0. The van der Waals surface area contributed by atoms with E-state index < -0.39 is 0 Å². The Morgan fingerprint density at radius 1 is 0.619 bits per heavy atom. The van der Waals surface area contributed by atoms with Gasteiger partial charge in [0.25, 0.3) is 0 Å². The summed E-state index contributed by atoms with van der Waals surface area (Å²) in [5.74, 6) is -0.162. The van der Waals surface area contributed by atoms with Gasteiger partial charge in [-0.3, -0.25) is 0 Å². The molecule has 0 aromatic heterocycles. The predicted octanol–water partition coefficient (Wildman–Crippen LogP) is 3.62. The summed E-state index contributed by atoms with van der Waals surface area (Å²) in [6.07, 6.45) is 0. The van der Waals surface area contributed by atoms with Gasteiger partial charge in [0.2, 0.25) is 0 Å². The van der Waals surface area contributed by atoms with Gasteiger partial charge in [0.1, 0.15) is 0 Å². The monoisotopic (exact) mass is 465 g/mol. The van der Waals surface area contributed by atoms with Crippen molar-refractivity contribution < 1.29 is 36.3 Å². The second-order valence-electron chi connectivity index (χ2n) is 4.52. The number of hydrogen-bond donors (Lipinski definition) is 2. The molecule has 2 nitrogen and oxygen atoms in total. The van der Waals surface area contributed by atoms with E-state index in [1.54, 1.807) is 12.1 Å². The standard InChI is InChI=1S/C12H10O2.C6H5.Hg/c13-11-8-4-7-10(12(11)14)9-5-2-1-3-6-9;1-2-4-6-5-3-1;/h1-8,13-14H;1-5H;. The maximum absolute atomic E-state index is 9.60. The molecule has 0 saturated heterocycles. The molecule has 0 bridgehead atoms. The minimum absolute atomic E-state index is 0.0706. The molecule has 0 heterocycles. The first-order valence-corrected chi connectivity index (χ1v) is 9.37. The van der Waals surface area contributed by atoms with Gasteiger partial charge in [0, 0.05) is 5.56 Å². The molecule has 3 heteroatoms. The fourth-order valence-electron chi connectivity index (χ4n) is 1.86. The van der Waals surface area contributed by atoms with Gasteiger partial charge in [-0.15, -0.1) is 0 Å². The summed E-state index contributed by atoms with van der Waals surface area (Å²) < 4.78 is 1.52. The molecule has 101 valence electrons. The second-order valence-corrected chi connectivity index (χ2v) is 7.70. The number of phenolic OH excluding ortho intramolecular Hbond substituents is 2. The van der Waals surface area contributed by atoms with Crippen molar-refractivity contribution in [2.45, 2.75) is 0 Å². The Morgan fingerprint density at radius 3 is 1.71 bits per heavy atom. The number of benzene rings is 3. The Hall–Kier alpha value is -1.80. The zero-order valence-corrected chi connectivity index (χ0v) is 17.1. The molecule has 0 radical (unpaired) electrons. The Morgan fingerprint density at radius 2 is 1.19 bits per heavy atom. The normalized spacial score (nSPS) is 9.62. The molecular weight excluding hydrogens is 449 g/mol. The van der Waals surface area contributed by atoms with E-state index in [4.69, 9.17) is 0 Å². The summed E-state index contributed by atoms with van der Waals surface area (Å²) >= 11 is 0.810. The van der Waals surface area contributed by atoms with Crippen molar-refractivity contribution in [1.29, 1.82) is 0 Å². The molecule has 3 aromatic rings. The van der Waals surface area contributed by atoms with Crippen LogP contribution in [0.15, 0.2) is 78.9 Å². The maximum atomic E-state index is 9.60. The number of aromatic hydroxyl groups is 2. The summed E-state index contributed by atoms with van der Waals surface area (Å²) in [4.78, 5) is 0. The van der Waals surface area contributed by atoms with Crippen LogP contribution in [0.25, 0.3) is 11.1 Å². The Kier molecular flexibility index (Phi) is 5.82. The fraction of sp³-hybridized carbons (Fsp3) is 0. The first-order chi connectivity index (χ1) is 10.2. The van der Waals surface area contributed by atoms with Gasteiger partial charge in [-0.25, -0.2) is 0 Å². The first kappa shape index (κ1) is 15.6. The van der Waals surface area contributed by atoms with Gasteiger partial charge in [-0.05, 0) is 11.6 Å². The van der Waals surface area contributed by atoms with Crippen LogP contribution in [0.1, 0.15) is 0 Å². The molecule has 21 heavy (non-hydrogen) atoms. The number of hydrogen-bond acceptors (Lipinski definition) is 2. The topological polar surface area (TPSA) is 40.5 Å². The third kappa shape index (κ3) is 4.60. The average Bonchev–Trinajstić information content (AvgIpc) is 2.52. The van der Waals surface area contributed by atoms with E-state index in [1.807, 2.05) is 30.3 Å². The van der Waals surface area contributed by atoms with Crippen molar-refractivity contribution in [1.82, 2.24) is 0 Å². The Labute approximate surface area is 140 Å². The van der Waals surface area contributed by atoms with Crippen molar-refractivity contribution >= 4 is 3.07 Å². The van der Waals surface area contributed by atoms with Crippen molar-refractivity contribution in [2.24, 2.45) is 0 Å². The Bertz CT molecular complexity index is 682. The molecule has 2 N–H and O–H groups in total. The fourth-order valence-corrected chi connectivity index (χ4v) is 2.92. The summed E-state index contributed by atoms with van der Waals surface area (Å²) in [6, 6.07) is 24.9. The zero-order valence-electron chi connectivity index (χ0n) is 11.6. The molecule has 0 amide bonds. The quantitative estimate of drug-likeness (QED) is 0.427. The van der Waals surface area contributed by atoms with E-state index in [9.17, 15) is 10.2 Å². The molecule has 0 spiro atoms. The molecule has 0 aliphatic carbocycles. The first-order valence-electron chi connectivity index (χ1n) is 6.62.